The van der Waals surface area contributed by atoms with Crippen molar-refractivity contribution in [3.8, 4) is 5.75 Å². The van der Waals surface area contributed by atoms with E-state index in [-0.39, 0.29) is 0 Å². The fraction of sp³-hybridized carbons (Fsp3) is 0.500. The molecule has 19 heavy (non-hydrogen) atoms. The molecule has 1 aliphatic rings. The lowest BCUT2D eigenvalue weighted by Crippen LogP contribution is -2.60. The SMILES string of the molecule is OCC1O[C@@H](Oc2cccc(Cl)c2)C(O)[C@H](O)[C@H]1O. The molecule has 7 heteroatoms. The van der Waals surface area contributed by atoms with Crippen LogP contribution in [0, 0.1) is 0 Å². The summed E-state index contributed by atoms with van der Waals surface area (Å²) in [5.74, 6) is 0.344. The number of ether oxygens (including phenoxy) is 2. The lowest BCUT2D eigenvalue weighted by molar-refractivity contribution is -0.277. The van der Waals surface area contributed by atoms with E-state index in [1.165, 1.54) is 6.07 Å². The fourth-order valence-electron chi connectivity index (χ4n) is 1.84. The molecule has 1 heterocycles. The molecule has 1 aromatic rings. The van der Waals surface area contributed by atoms with Crippen LogP contribution in [0.5, 0.6) is 5.75 Å². The summed E-state index contributed by atoms with van der Waals surface area (Å²) in [5.41, 5.74) is 0. The second-order valence-corrected chi connectivity index (χ2v) is 4.71. The molecule has 0 bridgehead atoms. The van der Waals surface area contributed by atoms with Crippen LogP contribution in [0.3, 0.4) is 0 Å². The first-order chi connectivity index (χ1) is 9.02. The maximum atomic E-state index is 9.78. The van der Waals surface area contributed by atoms with Crippen LogP contribution in [0.15, 0.2) is 24.3 Å². The Hall–Kier alpha value is -0.890. The average molecular weight is 291 g/mol. The minimum atomic E-state index is -1.46. The van der Waals surface area contributed by atoms with Gasteiger partial charge in [0.05, 0.1) is 6.61 Å². The number of hydrogen-bond donors (Lipinski definition) is 4. The number of rotatable bonds is 3. The van der Waals surface area contributed by atoms with Crippen LogP contribution in [0.25, 0.3) is 0 Å². The quantitative estimate of drug-likeness (QED) is 0.600. The van der Waals surface area contributed by atoms with Gasteiger partial charge in [-0.1, -0.05) is 17.7 Å². The van der Waals surface area contributed by atoms with Crippen LogP contribution in [0.2, 0.25) is 5.02 Å². The summed E-state index contributed by atoms with van der Waals surface area (Å²) in [6.07, 6.45) is -6.50. The van der Waals surface area contributed by atoms with Gasteiger partial charge in [0.25, 0.3) is 0 Å². The van der Waals surface area contributed by atoms with Crippen molar-refractivity contribution < 1.29 is 29.9 Å². The van der Waals surface area contributed by atoms with E-state index in [0.29, 0.717) is 10.8 Å². The summed E-state index contributed by atoms with van der Waals surface area (Å²) in [6.45, 7) is -0.500. The molecule has 2 unspecified atom stereocenters. The summed E-state index contributed by atoms with van der Waals surface area (Å²) >= 11 is 5.79. The molecule has 1 fully saturated rings. The first kappa shape index (κ1) is 14.5. The van der Waals surface area contributed by atoms with E-state index in [9.17, 15) is 15.3 Å². The van der Waals surface area contributed by atoms with Crippen molar-refractivity contribution >= 4 is 11.6 Å². The number of hydrogen-bond acceptors (Lipinski definition) is 6. The first-order valence-corrected chi connectivity index (χ1v) is 6.13. The van der Waals surface area contributed by atoms with E-state index >= 15 is 0 Å². The van der Waals surface area contributed by atoms with Crippen molar-refractivity contribution in [1.29, 1.82) is 0 Å². The Morgan fingerprint density at radius 3 is 2.53 bits per heavy atom. The van der Waals surface area contributed by atoms with Crippen molar-refractivity contribution in [3.63, 3.8) is 0 Å². The molecule has 0 amide bonds. The van der Waals surface area contributed by atoms with E-state index in [4.69, 9.17) is 26.2 Å². The van der Waals surface area contributed by atoms with Gasteiger partial charge >= 0.3 is 0 Å². The van der Waals surface area contributed by atoms with Gasteiger partial charge in [0.15, 0.2) is 0 Å². The van der Waals surface area contributed by atoms with Gasteiger partial charge in [-0.3, -0.25) is 0 Å². The van der Waals surface area contributed by atoms with Gasteiger partial charge in [-0.2, -0.15) is 0 Å². The predicted molar refractivity (Wildman–Crippen MR) is 65.8 cm³/mol. The third-order valence-corrected chi connectivity index (χ3v) is 3.13. The molecular weight excluding hydrogens is 276 g/mol. The standard InChI is InChI=1S/C12H15ClO6/c13-6-2-1-3-7(4-6)18-12-11(17)10(16)9(15)8(5-14)19-12/h1-4,8-12,14-17H,5H2/t8?,9-,10+,11?,12+/m0/s1. The van der Waals surface area contributed by atoms with Crippen molar-refractivity contribution in [2.45, 2.75) is 30.7 Å². The number of aliphatic hydroxyl groups excluding tert-OH is 4. The second kappa shape index (κ2) is 6.04. The Morgan fingerprint density at radius 1 is 1.16 bits per heavy atom. The van der Waals surface area contributed by atoms with E-state index in [2.05, 4.69) is 0 Å². The molecule has 4 N–H and O–H groups in total. The summed E-state index contributed by atoms with van der Waals surface area (Å²) in [7, 11) is 0. The van der Waals surface area contributed by atoms with Gasteiger partial charge in [-0.25, -0.2) is 0 Å². The van der Waals surface area contributed by atoms with Gasteiger partial charge < -0.3 is 29.9 Å². The number of benzene rings is 1. The van der Waals surface area contributed by atoms with E-state index < -0.39 is 37.3 Å². The Balaban J connectivity index is 2.10. The zero-order chi connectivity index (χ0) is 14.0. The number of halogens is 1. The molecule has 1 aromatic carbocycles. The van der Waals surface area contributed by atoms with Gasteiger partial charge in [0.2, 0.25) is 6.29 Å². The normalized spacial score (nSPS) is 35.1. The van der Waals surface area contributed by atoms with Crippen molar-refractivity contribution in [2.75, 3.05) is 6.61 Å². The van der Waals surface area contributed by atoms with E-state index in [0.717, 1.165) is 0 Å². The first-order valence-electron chi connectivity index (χ1n) is 5.75. The van der Waals surface area contributed by atoms with Crippen molar-refractivity contribution in [3.05, 3.63) is 29.3 Å². The molecule has 1 aliphatic heterocycles. The minimum Gasteiger partial charge on any atom is -0.462 e. The highest BCUT2D eigenvalue weighted by Gasteiger charge is 2.44. The van der Waals surface area contributed by atoms with Crippen LogP contribution < -0.4 is 4.74 Å². The van der Waals surface area contributed by atoms with Crippen LogP contribution in [0.1, 0.15) is 0 Å². The molecular formula is C12H15ClO6. The molecule has 0 aliphatic carbocycles. The largest absolute Gasteiger partial charge is 0.462 e. The number of aliphatic hydroxyl groups is 4. The Morgan fingerprint density at radius 2 is 1.89 bits per heavy atom. The highest BCUT2D eigenvalue weighted by molar-refractivity contribution is 6.30. The fourth-order valence-corrected chi connectivity index (χ4v) is 2.02. The Kier molecular flexibility index (Phi) is 4.62. The van der Waals surface area contributed by atoms with Gasteiger partial charge in [0, 0.05) is 5.02 Å². The zero-order valence-corrected chi connectivity index (χ0v) is 10.6. The zero-order valence-electron chi connectivity index (χ0n) is 9.89. The molecule has 0 aromatic heterocycles. The van der Waals surface area contributed by atoms with Crippen molar-refractivity contribution in [1.82, 2.24) is 0 Å². The van der Waals surface area contributed by atoms with Gasteiger partial charge in [0.1, 0.15) is 30.2 Å². The van der Waals surface area contributed by atoms with Crippen LogP contribution >= 0.6 is 11.6 Å². The third-order valence-electron chi connectivity index (χ3n) is 2.90. The average Bonchev–Trinajstić information content (AvgIpc) is 2.39. The highest BCUT2D eigenvalue weighted by Crippen LogP contribution is 2.25. The summed E-state index contributed by atoms with van der Waals surface area (Å²) in [4.78, 5) is 0. The van der Waals surface area contributed by atoms with Crippen LogP contribution in [-0.2, 0) is 4.74 Å². The molecule has 0 saturated carbocycles. The van der Waals surface area contributed by atoms with Crippen LogP contribution in [0.4, 0.5) is 0 Å². The molecule has 106 valence electrons. The lowest BCUT2D eigenvalue weighted by atomic mass is 9.99. The molecule has 6 nitrogen and oxygen atoms in total. The Bertz CT molecular complexity index is 426. The molecule has 5 atom stereocenters. The highest BCUT2D eigenvalue weighted by atomic mass is 35.5. The molecule has 2 rings (SSSR count). The molecule has 0 radical (unpaired) electrons. The van der Waals surface area contributed by atoms with Crippen LogP contribution in [-0.4, -0.2) is 57.7 Å². The van der Waals surface area contributed by atoms with E-state index in [1.54, 1.807) is 18.2 Å². The van der Waals surface area contributed by atoms with Gasteiger partial charge in [-0.05, 0) is 18.2 Å². The minimum absolute atomic E-state index is 0.344. The van der Waals surface area contributed by atoms with Gasteiger partial charge in [-0.15, -0.1) is 0 Å². The second-order valence-electron chi connectivity index (χ2n) is 4.27. The smallest absolute Gasteiger partial charge is 0.229 e. The third kappa shape index (κ3) is 3.17. The maximum Gasteiger partial charge on any atom is 0.229 e. The van der Waals surface area contributed by atoms with E-state index in [1.807, 2.05) is 0 Å². The summed E-state index contributed by atoms with van der Waals surface area (Å²) in [6, 6.07) is 6.43. The Labute approximate surface area is 114 Å². The monoisotopic (exact) mass is 290 g/mol. The van der Waals surface area contributed by atoms with Crippen molar-refractivity contribution in [2.24, 2.45) is 0 Å². The maximum absolute atomic E-state index is 9.78. The molecule has 0 spiro atoms. The summed E-state index contributed by atoms with van der Waals surface area (Å²) in [5, 5.41) is 38.5. The lowest BCUT2D eigenvalue weighted by Gasteiger charge is -2.39. The topological polar surface area (TPSA) is 99.4 Å². The summed E-state index contributed by atoms with van der Waals surface area (Å²) < 4.78 is 10.6. The molecule has 1 saturated heterocycles. The predicted octanol–water partition coefficient (Wildman–Crippen LogP) is -0.481.